The average molecular weight is 397 g/mol. The fourth-order valence-corrected chi connectivity index (χ4v) is 3.55. The highest BCUT2D eigenvalue weighted by molar-refractivity contribution is 5.24. The van der Waals surface area contributed by atoms with Crippen molar-refractivity contribution < 1.29 is 8.78 Å². The third kappa shape index (κ3) is 6.01. The van der Waals surface area contributed by atoms with Crippen molar-refractivity contribution >= 4 is 0 Å². The van der Waals surface area contributed by atoms with Crippen LogP contribution in [0.15, 0.2) is 60.8 Å². The van der Waals surface area contributed by atoms with Gasteiger partial charge >= 0.3 is 0 Å². The van der Waals surface area contributed by atoms with Crippen LogP contribution in [-0.4, -0.2) is 16.0 Å². The zero-order valence-electron chi connectivity index (χ0n) is 17.5. The lowest BCUT2D eigenvalue weighted by molar-refractivity contribution is 0.232. The monoisotopic (exact) mass is 396 g/mol. The molecule has 154 valence electrons. The van der Waals surface area contributed by atoms with Crippen LogP contribution in [0.4, 0.5) is 8.78 Å². The minimum absolute atomic E-state index is 0.395. The van der Waals surface area contributed by atoms with E-state index in [1.807, 2.05) is 0 Å². The Labute approximate surface area is 172 Å². The maximum Gasteiger partial charge on any atom is 0.163 e. The molecule has 0 aliphatic heterocycles. The van der Waals surface area contributed by atoms with Crippen LogP contribution >= 0.6 is 0 Å². The van der Waals surface area contributed by atoms with Crippen molar-refractivity contribution in [3.63, 3.8) is 0 Å². The van der Waals surface area contributed by atoms with Gasteiger partial charge in [0.2, 0.25) is 0 Å². The van der Waals surface area contributed by atoms with Crippen LogP contribution in [0.2, 0.25) is 0 Å². The van der Waals surface area contributed by atoms with Gasteiger partial charge in [-0.3, -0.25) is 4.90 Å². The van der Waals surface area contributed by atoms with Crippen molar-refractivity contribution in [3.05, 3.63) is 94.8 Å². The summed E-state index contributed by atoms with van der Waals surface area (Å²) in [7, 11) is 0. The van der Waals surface area contributed by atoms with Crippen LogP contribution < -0.4 is 0 Å². The smallest absolute Gasteiger partial charge is 0.163 e. The van der Waals surface area contributed by atoms with Crippen LogP contribution in [0.25, 0.3) is 0 Å². The zero-order chi connectivity index (χ0) is 20.8. The van der Waals surface area contributed by atoms with Gasteiger partial charge in [0.1, 0.15) is 0 Å². The van der Waals surface area contributed by atoms with Crippen molar-refractivity contribution in [1.29, 1.82) is 0 Å². The van der Waals surface area contributed by atoms with Crippen LogP contribution in [0, 0.1) is 24.5 Å². The van der Waals surface area contributed by atoms with E-state index in [1.54, 1.807) is 12.1 Å². The molecule has 3 rings (SSSR count). The second-order valence-electron chi connectivity index (χ2n) is 8.22. The molecular weight excluding hydrogens is 366 g/mol. The average Bonchev–Trinajstić information content (AvgIpc) is 3.10. The first-order valence-electron chi connectivity index (χ1n) is 10.3. The molecule has 0 unspecified atom stereocenters. The van der Waals surface area contributed by atoms with Gasteiger partial charge in [-0.05, 0) is 49.6 Å². The summed E-state index contributed by atoms with van der Waals surface area (Å²) in [4.78, 5) is 2.21. The molecule has 0 aliphatic rings. The van der Waals surface area contributed by atoms with E-state index in [1.165, 1.54) is 22.9 Å². The summed E-state index contributed by atoms with van der Waals surface area (Å²) in [6.07, 6.45) is 3.09. The Balaban J connectivity index is 1.77. The summed E-state index contributed by atoms with van der Waals surface area (Å²) in [5.41, 5.74) is 4.08. The molecule has 0 N–H and O–H groups in total. The minimum Gasteiger partial charge on any atom is -0.346 e. The number of aromatic nitrogens is 1. The first-order chi connectivity index (χ1) is 13.9. The van der Waals surface area contributed by atoms with E-state index in [9.17, 15) is 8.78 Å². The number of benzene rings is 2. The summed E-state index contributed by atoms with van der Waals surface area (Å²) in [5.74, 6) is -0.972. The van der Waals surface area contributed by atoms with Crippen LogP contribution in [0.5, 0.6) is 0 Å². The lowest BCUT2D eigenvalue weighted by Gasteiger charge is -2.24. The second-order valence-corrected chi connectivity index (χ2v) is 8.22. The molecule has 0 atom stereocenters. The van der Waals surface area contributed by atoms with Gasteiger partial charge in [-0.1, -0.05) is 55.8 Å². The standard InChI is InChI=1S/C25H30F2N2/c1-19(2)12-14-28(17-22-9-5-11-24(26)25(22)27)18-23-10-6-13-29(23)16-21-8-4-7-20(3)15-21/h4-11,13,15,19H,12,14,16-18H2,1-3H3. The van der Waals surface area contributed by atoms with E-state index in [0.717, 1.165) is 19.5 Å². The summed E-state index contributed by atoms with van der Waals surface area (Å²) in [6, 6.07) is 17.1. The van der Waals surface area contributed by atoms with Crippen LogP contribution in [0.1, 0.15) is 42.7 Å². The van der Waals surface area contributed by atoms with E-state index in [4.69, 9.17) is 0 Å². The highest BCUT2D eigenvalue weighted by Crippen LogP contribution is 2.18. The highest BCUT2D eigenvalue weighted by atomic mass is 19.2. The van der Waals surface area contributed by atoms with Crippen molar-refractivity contribution in [3.8, 4) is 0 Å². The van der Waals surface area contributed by atoms with Gasteiger partial charge in [-0.15, -0.1) is 0 Å². The highest BCUT2D eigenvalue weighted by Gasteiger charge is 2.15. The molecule has 4 heteroatoms. The Morgan fingerprint density at radius 2 is 1.76 bits per heavy atom. The predicted octanol–water partition coefficient (Wildman–Crippen LogP) is 6.17. The number of hydrogen-bond acceptors (Lipinski definition) is 1. The third-order valence-electron chi connectivity index (χ3n) is 5.19. The van der Waals surface area contributed by atoms with Crippen LogP contribution in [0.3, 0.4) is 0 Å². The van der Waals surface area contributed by atoms with Gasteiger partial charge in [0.05, 0.1) is 0 Å². The molecule has 2 nitrogen and oxygen atoms in total. The maximum atomic E-state index is 14.2. The topological polar surface area (TPSA) is 8.17 Å². The number of nitrogens with zero attached hydrogens (tertiary/aromatic N) is 2. The van der Waals surface area contributed by atoms with Gasteiger partial charge in [-0.2, -0.15) is 0 Å². The molecule has 1 heterocycles. The van der Waals surface area contributed by atoms with Crippen molar-refractivity contribution in [2.24, 2.45) is 5.92 Å². The molecule has 0 amide bonds. The molecule has 0 bridgehead atoms. The summed E-state index contributed by atoms with van der Waals surface area (Å²) < 4.78 is 30.1. The molecule has 0 saturated carbocycles. The fourth-order valence-electron chi connectivity index (χ4n) is 3.55. The number of hydrogen-bond donors (Lipinski definition) is 0. The second kappa shape index (κ2) is 9.84. The summed E-state index contributed by atoms with van der Waals surface area (Å²) in [5, 5.41) is 0. The third-order valence-corrected chi connectivity index (χ3v) is 5.19. The molecule has 1 aromatic heterocycles. The van der Waals surface area contributed by atoms with E-state index in [2.05, 4.69) is 72.8 Å². The first kappa shape index (κ1) is 21.3. The van der Waals surface area contributed by atoms with Gasteiger partial charge in [0.15, 0.2) is 11.6 Å². The largest absolute Gasteiger partial charge is 0.346 e. The van der Waals surface area contributed by atoms with E-state index >= 15 is 0 Å². The Morgan fingerprint density at radius 3 is 2.52 bits per heavy atom. The molecule has 0 spiro atoms. The van der Waals surface area contributed by atoms with E-state index in [-0.39, 0.29) is 0 Å². The minimum atomic E-state index is -0.783. The number of aryl methyl sites for hydroxylation is 1. The van der Waals surface area contributed by atoms with Gasteiger partial charge in [0.25, 0.3) is 0 Å². The molecular formula is C25H30F2N2. The fraction of sp³-hybridized carbons (Fsp3) is 0.360. The van der Waals surface area contributed by atoms with Gasteiger partial charge < -0.3 is 4.57 Å². The first-order valence-corrected chi connectivity index (χ1v) is 10.3. The Morgan fingerprint density at radius 1 is 0.966 bits per heavy atom. The zero-order valence-corrected chi connectivity index (χ0v) is 17.5. The summed E-state index contributed by atoms with van der Waals surface area (Å²) in [6.45, 7) is 9.19. The molecule has 0 fully saturated rings. The molecule has 0 aliphatic carbocycles. The number of rotatable bonds is 9. The normalized spacial score (nSPS) is 11.6. The molecule has 29 heavy (non-hydrogen) atoms. The predicted molar refractivity (Wildman–Crippen MR) is 115 cm³/mol. The van der Waals surface area contributed by atoms with E-state index < -0.39 is 11.6 Å². The lowest BCUT2D eigenvalue weighted by atomic mass is 10.1. The molecule has 0 radical (unpaired) electrons. The van der Waals surface area contributed by atoms with Gasteiger partial charge in [-0.25, -0.2) is 8.78 Å². The molecule has 0 saturated heterocycles. The van der Waals surface area contributed by atoms with E-state index in [0.29, 0.717) is 24.6 Å². The van der Waals surface area contributed by atoms with Crippen molar-refractivity contribution in [1.82, 2.24) is 9.47 Å². The number of halogens is 2. The molecule has 2 aromatic carbocycles. The van der Waals surface area contributed by atoms with Crippen molar-refractivity contribution in [2.75, 3.05) is 6.54 Å². The lowest BCUT2D eigenvalue weighted by Crippen LogP contribution is -2.27. The van der Waals surface area contributed by atoms with Crippen molar-refractivity contribution in [2.45, 2.75) is 46.8 Å². The quantitative estimate of drug-likeness (QED) is 0.420. The summed E-state index contributed by atoms with van der Waals surface area (Å²) >= 11 is 0. The molecule has 3 aromatic rings. The maximum absolute atomic E-state index is 14.2. The Bertz CT molecular complexity index is 930. The van der Waals surface area contributed by atoms with Gasteiger partial charge in [0, 0.05) is 37.1 Å². The van der Waals surface area contributed by atoms with Crippen LogP contribution in [-0.2, 0) is 19.6 Å². The SMILES string of the molecule is Cc1cccc(Cn2cccc2CN(CCC(C)C)Cc2cccc(F)c2F)c1. The Hall–Kier alpha value is -2.46. The Kier molecular flexibility index (Phi) is 7.21.